The maximum absolute atomic E-state index is 3.52. The van der Waals surface area contributed by atoms with Crippen LogP contribution in [0.5, 0.6) is 0 Å². The molecule has 4 unspecified atom stereocenters. The fraction of sp³-hybridized carbons (Fsp3) is 1.00. The molecule has 0 aliphatic carbocycles. The first-order chi connectivity index (χ1) is 6.74. The van der Waals surface area contributed by atoms with E-state index in [1.54, 1.807) is 0 Å². The van der Waals surface area contributed by atoms with Crippen LogP contribution in [0.15, 0.2) is 0 Å². The van der Waals surface area contributed by atoms with Gasteiger partial charge in [0.15, 0.2) is 0 Å². The lowest BCUT2D eigenvalue weighted by Gasteiger charge is -2.35. The van der Waals surface area contributed by atoms with Crippen LogP contribution in [-0.2, 0) is 0 Å². The quantitative estimate of drug-likeness (QED) is 0.725. The minimum atomic E-state index is 0.803. The third-order valence-corrected chi connectivity index (χ3v) is 4.18. The molecule has 0 saturated carbocycles. The summed E-state index contributed by atoms with van der Waals surface area (Å²) in [6.45, 7) is 9.55. The van der Waals surface area contributed by atoms with Gasteiger partial charge in [0.1, 0.15) is 0 Å². The lowest BCUT2D eigenvalue weighted by molar-refractivity contribution is 0.119. The van der Waals surface area contributed by atoms with E-state index in [9.17, 15) is 0 Å². The van der Waals surface area contributed by atoms with E-state index in [1.807, 2.05) is 0 Å². The topological polar surface area (TPSA) is 15.3 Å². The van der Waals surface area contributed by atoms with Crippen LogP contribution in [0.4, 0.5) is 0 Å². The second-order valence-corrected chi connectivity index (χ2v) is 5.14. The van der Waals surface area contributed by atoms with Gasteiger partial charge in [0.2, 0.25) is 0 Å². The fourth-order valence-electron chi connectivity index (χ4n) is 3.30. The van der Waals surface area contributed by atoms with Crippen molar-refractivity contribution in [2.45, 2.75) is 58.2 Å². The van der Waals surface area contributed by atoms with E-state index >= 15 is 0 Å². The molecule has 82 valence electrons. The van der Waals surface area contributed by atoms with Crippen LogP contribution in [0, 0.1) is 5.92 Å². The lowest BCUT2D eigenvalue weighted by atomic mass is 10.0. The molecular formula is C12H24N2. The molecule has 2 aliphatic rings. The molecule has 0 aromatic heterocycles. The fourth-order valence-corrected chi connectivity index (χ4v) is 3.30. The molecule has 0 spiro atoms. The molecular weight excluding hydrogens is 172 g/mol. The number of rotatable bonds is 2. The Kier molecular flexibility index (Phi) is 3.13. The predicted molar refractivity (Wildman–Crippen MR) is 60.4 cm³/mol. The molecule has 0 aromatic carbocycles. The minimum Gasteiger partial charge on any atom is -0.315 e. The SMILES string of the molecule is CCC1CCC(C)N1C1CNCC1C. The summed E-state index contributed by atoms with van der Waals surface area (Å²) in [5.41, 5.74) is 0. The molecule has 0 radical (unpaired) electrons. The van der Waals surface area contributed by atoms with E-state index < -0.39 is 0 Å². The van der Waals surface area contributed by atoms with Gasteiger partial charge in [-0.25, -0.2) is 0 Å². The van der Waals surface area contributed by atoms with Gasteiger partial charge >= 0.3 is 0 Å². The third-order valence-electron chi connectivity index (χ3n) is 4.18. The second kappa shape index (κ2) is 4.19. The third kappa shape index (κ3) is 1.70. The molecule has 0 bridgehead atoms. The Bertz CT molecular complexity index is 193. The van der Waals surface area contributed by atoms with Crippen molar-refractivity contribution in [3.8, 4) is 0 Å². The van der Waals surface area contributed by atoms with Gasteiger partial charge in [-0.1, -0.05) is 13.8 Å². The lowest BCUT2D eigenvalue weighted by Crippen LogP contribution is -2.46. The molecule has 2 fully saturated rings. The average molecular weight is 196 g/mol. The second-order valence-electron chi connectivity index (χ2n) is 5.14. The van der Waals surface area contributed by atoms with Crippen molar-refractivity contribution < 1.29 is 0 Å². The van der Waals surface area contributed by atoms with E-state index in [-0.39, 0.29) is 0 Å². The molecule has 2 rings (SSSR count). The first kappa shape index (κ1) is 10.4. The Morgan fingerprint density at radius 1 is 1.21 bits per heavy atom. The van der Waals surface area contributed by atoms with Gasteiger partial charge in [0, 0.05) is 24.7 Å². The molecule has 2 nitrogen and oxygen atoms in total. The summed E-state index contributed by atoms with van der Waals surface area (Å²) >= 11 is 0. The van der Waals surface area contributed by atoms with E-state index in [4.69, 9.17) is 0 Å². The Morgan fingerprint density at radius 2 is 2.00 bits per heavy atom. The number of hydrogen-bond donors (Lipinski definition) is 1. The van der Waals surface area contributed by atoms with Crippen LogP contribution in [-0.4, -0.2) is 36.1 Å². The Hall–Kier alpha value is -0.0800. The maximum Gasteiger partial charge on any atom is 0.0264 e. The first-order valence-corrected chi connectivity index (χ1v) is 6.22. The number of nitrogens with one attached hydrogen (secondary N) is 1. The van der Waals surface area contributed by atoms with Crippen LogP contribution >= 0.6 is 0 Å². The summed E-state index contributed by atoms with van der Waals surface area (Å²) in [5.74, 6) is 0.838. The summed E-state index contributed by atoms with van der Waals surface area (Å²) < 4.78 is 0. The smallest absolute Gasteiger partial charge is 0.0264 e. The molecule has 0 aromatic rings. The zero-order valence-electron chi connectivity index (χ0n) is 9.79. The number of nitrogens with zero attached hydrogens (tertiary/aromatic N) is 1. The number of likely N-dealkylation sites (tertiary alicyclic amines) is 1. The maximum atomic E-state index is 3.52. The summed E-state index contributed by atoms with van der Waals surface area (Å²) in [4.78, 5) is 2.80. The minimum absolute atomic E-state index is 0.803. The van der Waals surface area contributed by atoms with Gasteiger partial charge in [-0.2, -0.15) is 0 Å². The molecule has 2 heteroatoms. The van der Waals surface area contributed by atoms with Crippen molar-refractivity contribution in [3.63, 3.8) is 0 Å². The van der Waals surface area contributed by atoms with Gasteiger partial charge in [-0.15, -0.1) is 0 Å². The molecule has 14 heavy (non-hydrogen) atoms. The van der Waals surface area contributed by atoms with Crippen molar-refractivity contribution in [1.82, 2.24) is 10.2 Å². The zero-order chi connectivity index (χ0) is 10.1. The standard InChI is InChI=1S/C12H24N2/c1-4-11-6-5-10(3)14(11)12-8-13-7-9(12)2/h9-13H,4-8H2,1-3H3. The van der Waals surface area contributed by atoms with E-state index in [0.717, 1.165) is 24.0 Å². The normalized spacial score (nSPS) is 44.8. The van der Waals surface area contributed by atoms with Crippen LogP contribution < -0.4 is 5.32 Å². The average Bonchev–Trinajstić information content (AvgIpc) is 2.72. The van der Waals surface area contributed by atoms with Crippen molar-refractivity contribution >= 4 is 0 Å². The first-order valence-electron chi connectivity index (χ1n) is 6.22. The summed E-state index contributed by atoms with van der Waals surface area (Å²) in [5, 5.41) is 3.52. The van der Waals surface area contributed by atoms with Crippen molar-refractivity contribution in [2.75, 3.05) is 13.1 Å². The predicted octanol–water partition coefficient (Wildman–Crippen LogP) is 1.86. The highest BCUT2D eigenvalue weighted by Crippen LogP contribution is 2.31. The highest BCUT2D eigenvalue weighted by atomic mass is 15.3. The van der Waals surface area contributed by atoms with Gasteiger partial charge in [-0.3, -0.25) is 4.90 Å². The molecule has 0 amide bonds. The Morgan fingerprint density at radius 3 is 2.57 bits per heavy atom. The van der Waals surface area contributed by atoms with Crippen LogP contribution in [0.2, 0.25) is 0 Å². The highest BCUT2D eigenvalue weighted by Gasteiger charge is 2.38. The van der Waals surface area contributed by atoms with Crippen LogP contribution in [0.25, 0.3) is 0 Å². The largest absolute Gasteiger partial charge is 0.315 e. The molecule has 1 N–H and O–H groups in total. The monoisotopic (exact) mass is 196 g/mol. The van der Waals surface area contributed by atoms with E-state index in [0.29, 0.717) is 0 Å². The summed E-state index contributed by atoms with van der Waals surface area (Å²) in [6.07, 6.45) is 4.15. The summed E-state index contributed by atoms with van der Waals surface area (Å²) in [6, 6.07) is 2.47. The van der Waals surface area contributed by atoms with Crippen molar-refractivity contribution in [1.29, 1.82) is 0 Å². The summed E-state index contributed by atoms with van der Waals surface area (Å²) in [7, 11) is 0. The van der Waals surface area contributed by atoms with Gasteiger partial charge < -0.3 is 5.32 Å². The molecule has 4 atom stereocenters. The highest BCUT2D eigenvalue weighted by molar-refractivity contribution is 4.95. The molecule has 2 heterocycles. The van der Waals surface area contributed by atoms with Gasteiger partial charge in [0.25, 0.3) is 0 Å². The van der Waals surface area contributed by atoms with Crippen molar-refractivity contribution in [3.05, 3.63) is 0 Å². The molecule has 2 saturated heterocycles. The van der Waals surface area contributed by atoms with Crippen molar-refractivity contribution in [2.24, 2.45) is 5.92 Å². The zero-order valence-corrected chi connectivity index (χ0v) is 9.79. The van der Waals surface area contributed by atoms with E-state index in [1.165, 1.54) is 32.4 Å². The van der Waals surface area contributed by atoms with Gasteiger partial charge in [0.05, 0.1) is 0 Å². The van der Waals surface area contributed by atoms with E-state index in [2.05, 4.69) is 31.0 Å². The Balaban J connectivity index is 2.06. The van der Waals surface area contributed by atoms with Gasteiger partial charge in [-0.05, 0) is 38.6 Å². The molecule has 2 aliphatic heterocycles. The van der Waals surface area contributed by atoms with Crippen LogP contribution in [0.3, 0.4) is 0 Å². The Labute approximate surface area is 88.1 Å². The number of hydrogen-bond acceptors (Lipinski definition) is 2. The van der Waals surface area contributed by atoms with Crippen LogP contribution in [0.1, 0.15) is 40.0 Å².